The standard InChI is InChI=1S/C9H8N2OS/c1-7-10-11(9(13)12-7)8-5-3-2-4-6-8/h2-6H,1H3. The normalized spacial score (nSPS) is 10.2. The molecule has 2 rings (SSSR count). The van der Waals surface area contributed by atoms with E-state index in [9.17, 15) is 0 Å². The van der Waals surface area contributed by atoms with Crippen molar-refractivity contribution in [2.24, 2.45) is 0 Å². The maximum Gasteiger partial charge on any atom is 0.291 e. The van der Waals surface area contributed by atoms with Gasteiger partial charge in [-0.3, -0.25) is 0 Å². The van der Waals surface area contributed by atoms with Crippen LogP contribution in [0.3, 0.4) is 0 Å². The van der Waals surface area contributed by atoms with E-state index >= 15 is 0 Å². The number of aryl methyl sites for hydroxylation is 1. The van der Waals surface area contributed by atoms with Crippen LogP contribution in [0.25, 0.3) is 5.69 Å². The lowest BCUT2D eigenvalue weighted by Crippen LogP contribution is -1.95. The van der Waals surface area contributed by atoms with Crippen LogP contribution in [0, 0.1) is 11.8 Å². The third-order valence-corrected chi connectivity index (χ3v) is 1.91. The highest BCUT2D eigenvalue weighted by molar-refractivity contribution is 7.71. The summed E-state index contributed by atoms with van der Waals surface area (Å²) in [6, 6.07) is 9.66. The van der Waals surface area contributed by atoms with Crippen molar-refractivity contribution in [3.63, 3.8) is 0 Å². The van der Waals surface area contributed by atoms with Crippen molar-refractivity contribution in [3.8, 4) is 5.69 Å². The Morgan fingerprint density at radius 2 is 2.00 bits per heavy atom. The Hall–Kier alpha value is -1.42. The number of hydrogen-bond donors (Lipinski definition) is 0. The zero-order valence-corrected chi connectivity index (χ0v) is 7.91. The molecule has 1 aromatic heterocycles. The molecule has 0 spiro atoms. The van der Waals surface area contributed by atoms with Gasteiger partial charge in [-0.25, -0.2) is 0 Å². The molecule has 0 bridgehead atoms. The summed E-state index contributed by atoms with van der Waals surface area (Å²) in [4.78, 5) is 0.378. The molecule has 0 amide bonds. The lowest BCUT2D eigenvalue weighted by Gasteiger charge is -1.96. The molecule has 2 aromatic rings. The summed E-state index contributed by atoms with van der Waals surface area (Å²) in [5.74, 6) is 0.578. The molecule has 66 valence electrons. The van der Waals surface area contributed by atoms with Gasteiger partial charge in [-0.1, -0.05) is 18.2 Å². The molecule has 13 heavy (non-hydrogen) atoms. The van der Waals surface area contributed by atoms with E-state index < -0.39 is 0 Å². The van der Waals surface area contributed by atoms with Gasteiger partial charge in [0.1, 0.15) is 0 Å². The minimum Gasteiger partial charge on any atom is -0.414 e. The first kappa shape index (κ1) is 8.19. The summed E-state index contributed by atoms with van der Waals surface area (Å²) >= 11 is 4.99. The predicted molar refractivity (Wildman–Crippen MR) is 51.4 cm³/mol. The fourth-order valence-corrected chi connectivity index (χ4v) is 1.37. The summed E-state index contributed by atoms with van der Waals surface area (Å²) in [5, 5.41) is 4.13. The molecule has 0 N–H and O–H groups in total. The molecule has 4 heteroatoms. The zero-order valence-electron chi connectivity index (χ0n) is 7.10. The molecule has 0 aliphatic rings. The molecule has 3 nitrogen and oxygen atoms in total. The van der Waals surface area contributed by atoms with Crippen molar-refractivity contribution in [1.29, 1.82) is 0 Å². The van der Waals surface area contributed by atoms with E-state index in [2.05, 4.69) is 5.10 Å². The number of nitrogens with zero attached hydrogens (tertiary/aromatic N) is 2. The Morgan fingerprint density at radius 3 is 2.54 bits per heavy atom. The number of aromatic nitrogens is 2. The van der Waals surface area contributed by atoms with Crippen molar-refractivity contribution in [3.05, 3.63) is 41.1 Å². The van der Waals surface area contributed by atoms with Gasteiger partial charge in [-0.15, -0.1) is 5.10 Å². The third kappa shape index (κ3) is 1.53. The molecular formula is C9H8N2OS. The highest BCUT2D eigenvalue weighted by atomic mass is 32.1. The average molecular weight is 192 g/mol. The molecule has 0 aliphatic heterocycles. The average Bonchev–Trinajstić information content (AvgIpc) is 2.47. The molecule has 0 fully saturated rings. The Kier molecular flexibility index (Phi) is 1.98. The highest BCUT2D eigenvalue weighted by Gasteiger charge is 2.01. The quantitative estimate of drug-likeness (QED) is 0.650. The third-order valence-electron chi connectivity index (χ3n) is 1.65. The predicted octanol–water partition coefficient (Wildman–Crippen LogP) is 2.50. The van der Waals surface area contributed by atoms with Gasteiger partial charge in [0.25, 0.3) is 4.84 Å². The Bertz CT molecular complexity index is 458. The van der Waals surface area contributed by atoms with E-state index in [-0.39, 0.29) is 0 Å². The van der Waals surface area contributed by atoms with E-state index in [1.54, 1.807) is 11.6 Å². The van der Waals surface area contributed by atoms with Crippen molar-refractivity contribution < 1.29 is 4.42 Å². The van der Waals surface area contributed by atoms with Crippen LogP contribution < -0.4 is 0 Å². The van der Waals surface area contributed by atoms with Crippen LogP contribution in [0.4, 0.5) is 0 Å². The monoisotopic (exact) mass is 192 g/mol. The first-order valence-corrected chi connectivity index (χ1v) is 4.30. The lowest BCUT2D eigenvalue weighted by atomic mass is 10.3. The summed E-state index contributed by atoms with van der Waals surface area (Å²) in [5.41, 5.74) is 0.921. The number of hydrogen-bond acceptors (Lipinski definition) is 3. The minimum atomic E-state index is 0.378. The molecular weight excluding hydrogens is 184 g/mol. The maximum absolute atomic E-state index is 5.14. The van der Waals surface area contributed by atoms with Crippen molar-refractivity contribution >= 4 is 12.2 Å². The van der Waals surface area contributed by atoms with Crippen LogP contribution in [0.1, 0.15) is 5.89 Å². The van der Waals surface area contributed by atoms with E-state index in [4.69, 9.17) is 16.6 Å². The van der Waals surface area contributed by atoms with Gasteiger partial charge in [0.15, 0.2) is 0 Å². The minimum absolute atomic E-state index is 0.378. The van der Waals surface area contributed by atoms with Gasteiger partial charge in [0.05, 0.1) is 5.69 Å². The first-order chi connectivity index (χ1) is 6.27. The lowest BCUT2D eigenvalue weighted by molar-refractivity contribution is 0.500. The fraction of sp³-hybridized carbons (Fsp3) is 0.111. The first-order valence-electron chi connectivity index (χ1n) is 3.89. The van der Waals surface area contributed by atoms with Crippen LogP contribution in [0.15, 0.2) is 34.7 Å². The van der Waals surface area contributed by atoms with Crippen LogP contribution in [-0.4, -0.2) is 9.78 Å². The fourth-order valence-electron chi connectivity index (χ4n) is 1.10. The molecule has 0 saturated carbocycles. The molecule has 1 heterocycles. The molecule has 0 atom stereocenters. The van der Waals surface area contributed by atoms with Gasteiger partial charge in [-0.2, -0.15) is 4.68 Å². The molecule has 0 saturated heterocycles. The summed E-state index contributed by atoms with van der Waals surface area (Å²) in [6.45, 7) is 1.77. The van der Waals surface area contributed by atoms with Gasteiger partial charge in [-0.05, 0) is 24.4 Å². The van der Waals surface area contributed by atoms with E-state index in [0.29, 0.717) is 10.7 Å². The Labute approximate surface area is 80.6 Å². The molecule has 0 unspecified atom stereocenters. The number of benzene rings is 1. The van der Waals surface area contributed by atoms with Gasteiger partial charge < -0.3 is 4.42 Å². The summed E-state index contributed by atoms with van der Waals surface area (Å²) in [7, 11) is 0. The van der Waals surface area contributed by atoms with Gasteiger partial charge in [0, 0.05) is 6.92 Å². The van der Waals surface area contributed by atoms with Crippen molar-refractivity contribution in [2.75, 3.05) is 0 Å². The summed E-state index contributed by atoms with van der Waals surface area (Å²) < 4.78 is 6.74. The Morgan fingerprint density at radius 1 is 1.31 bits per heavy atom. The second kappa shape index (κ2) is 3.14. The number of para-hydroxylation sites is 1. The maximum atomic E-state index is 5.14. The molecule has 1 aromatic carbocycles. The number of rotatable bonds is 1. The zero-order chi connectivity index (χ0) is 9.26. The van der Waals surface area contributed by atoms with E-state index in [1.165, 1.54) is 0 Å². The van der Waals surface area contributed by atoms with Crippen LogP contribution in [0.5, 0.6) is 0 Å². The van der Waals surface area contributed by atoms with E-state index in [1.807, 2.05) is 30.3 Å². The largest absolute Gasteiger partial charge is 0.414 e. The Balaban J connectivity index is 2.59. The highest BCUT2D eigenvalue weighted by Crippen LogP contribution is 2.07. The molecule has 0 aliphatic carbocycles. The second-order valence-corrected chi connectivity index (χ2v) is 2.98. The van der Waals surface area contributed by atoms with Crippen LogP contribution in [-0.2, 0) is 0 Å². The SMILES string of the molecule is Cc1nn(-c2ccccc2)c(=S)o1. The molecule has 0 radical (unpaired) electrons. The topological polar surface area (TPSA) is 31.0 Å². The second-order valence-electron chi connectivity index (χ2n) is 2.63. The van der Waals surface area contributed by atoms with Gasteiger partial charge >= 0.3 is 0 Å². The smallest absolute Gasteiger partial charge is 0.291 e. The van der Waals surface area contributed by atoms with Crippen LogP contribution >= 0.6 is 12.2 Å². The van der Waals surface area contributed by atoms with Crippen molar-refractivity contribution in [2.45, 2.75) is 6.92 Å². The van der Waals surface area contributed by atoms with Crippen molar-refractivity contribution in [1.82, 2.24) is 9.78 Å². The van der Waals surface area contributed by atoms with Gasteiger partial charge in [0.2, 0.25) is 5.89 Å². The van der Waals surface area contributed by atoms with Crippen LogP contribution in [0.2, 0.25) is 0 Å². The summed E-state index contributed by atoms with van der Waals surface area (Å²) in [6.07, 6.45) is 0. The van der Waals surface area contributed by atoms with E-state index in [0.717, 1.165) is 5.69 Å².